The topological polar surface area (TPSA) is 95.3 Å². The molecule has 204 valence electrons. The highest BCUT2D eigenvalue weighted by atomic mass is 16.5. The van der Waals surface area contributed by atoms with Gasteiger partial charge >= 0.3 is 5.97 Å². The van der Waals surface area contributed by atoms with E-state index in [-0.39, 0.29) is 36.9 Å². The van der Waals surface area contributed by atoms with Crippen LogP contribution in [-0.4, -0.2) is 46.6 Å². The molecule has 0 spiro atoms. The number of amides is 1. The first-order valence-electron chi connectivity index (χ1n) is 13.8. The van der Waals surface area contributed by atoms with Crippen molar-refractivity contribution in [2.24, 2.45) is 0 Å². The molecule has 0 aliphatic heterocycles. The molecule has 1 amide bonds. The molecule has 1 unspecified atom stereocenters. The number of ether oxygens (including phenoxy) is 2. The van der Waals surface area contributed by atoms with Gasteiger partial charge in [0.2, 0.25) is 0 Å². The van der Waals surface area contributed by atoms with Crippen LogP contribution in [0.5, 0.6) is 5.75 Å². The number of carbonyl (C=O) groups excluding carboxylic acids is 2. The maximum Gasteiger partial charge on any atom is 0.306 e. The van der Waals surface area contributed by atoms with Crippen LogP contribution >= 0.6 is 0 Å². The number of rotatable bonds is 9. The molecular weight excluding hydrogens is 492 g/mol. The summed E-state index contributed by atoms with van der Waals surface area (Å²) in [5.74, 6) is 0.0539. The third-order valence-electron chi connectivity index (χ3n) is 7.83. The first-order chi connectivity index (χ1) is 19.0. The number of benzene rings is 3. The van der Waals surface area contributed by atoms with Gasteiger partial charge < -0.3 is 14.8 Å². The first-order valence-corrected chi connectivity index (χ1v) is 13.8. The molecule has 8 heteroatoms. The molecule has 1 fully saturated rings. The van der Waals surface area contributed by atoms with E-state index < -0.39 is 0 Å². The number of aryl methyl sites for hydroxylation is 2. The summed E-state index contributed by atoms with van der Waals surface area (Å²) < 4.78 is 12.8. The van der Waals surface area contributed by atoms with Gasteiger partial charge in [-0.25, -0.2) is 4.68 Å². The van der Waals surface area contributed by atoms with Crippen molar-refractivity contribution in [2.45, 2.75) is 70.9 Å². The van der Waals surface area contributed by atoms with Crippen LogP contribution < -0.4 is 10.1 Å². The van der Waals surface area contributed by atoms with E-state index in [9.17, 15) is 9.59 Å². The summed E-state index contributed by atoms with van der Waals surface area (Å²) >= 11 is 0. The Bertz CT molecular complexity index is 1490. The second-order valence-corrected chi connectivity index (χ2v) is 10.3. The van der Waals surface area contributed by atoms with Crippen LogP contribution in [-0.2, 0) is 20.9 Å². The second kappa shape index (κ2) is 11.8. The van der Waals surface area contributed by atoms with E-state index in [0.717, 1.165) is 57.9 Å². The average molecular weight is 529 g/mol. The number of hydrogen-bond acceptors (Lipinski definition) is 6. The largest absolute Gasteiger partial charge is 0.484 e. The Hall–Kier alpha value is -3.94. The number of methoxy groups -OCH3 is 1. The van der Waals surface area contributed by atoms with Crippen LogP contribution in [0.1, 0.15) is 68.1 Å². The van der Waals surface area contributed by atoms with Gasteiger partial charge in [-0.3, -0.25) is 9.59 Å². The van der Waals surface area contributed by atoms with E-state index in [1.54, 1.807) is 0 Å². The van der Waals surface area contributed by atoms with Crippen LogP contribution in [0.2, 0.25) is 0 Å². The Morgan fingerprint density at radius 3 is 2.62 bits per heavy atom. The number of esters is 1. The van der Waals surface area contributed by atoms with E-state index in [4.69, 9.17) is 9.47 Å². The predicted octanol–water partition coefficient (Wildman–Crippen LogP) is 5.44. The summed E-state index contributed by atoms with van der Waals surface area (Å²) in [6, 6.07) is 16.4. The van der Waals surface area contributed by atoms with E-state index in [2.05, 4.69) is 39.9 Å². The minimum Gasteiger partial charge on any atom is -0.484 e. The first kappa shape index (κ1) is 26.7. The van der Waals surface area contributed by atoms with Crippen LogP contribution in [0.3, 0.4) is 0 Å². The fourth-order valence-corrected chi connectivity index (χ4v) is 5.67. The van der Waals surface area contributed by atoms with Gasteiger partial charge in [0.15, 0.2) is 6.61 Å². The standard InChI is InChI=1S/C31H36N4O4/c1-4-35-28-15-14-26(20(2)31(28)33-34-35)27(18-30(37)38-3)22-11-10-21-12-13-25(17-23(21)16-22)39-19-29(36)32-24-8-6-5-7-9-24/h10-17,24,27H,4-9,18-19H2,1-3H3,(H,32,36). The van der Waals surface area contributed by atoms with Crippen LogP contribution in [0, 0.1) is 6.92 Å². The molecule has 1 aromatic heterocycles. The zero-order valence-electron chi connectivity index (χ0n) is 22.9. The molecule has 1 saturated carbocycles. The number of carbonyl (C=O) groups is 2. The molecule has 1 N–H and O–H groups in total. The number of fused-ring (bicyclic) bond motifs is 2. The highest BCUT2D eigenvalue weighted by Gasteiger charge is 2.23. The quantitative estimate of drug-likeness (QED) is 0.291. The van der Waals surface area contributed by atoms with Gasteiger partial charge in [-0.05, 0) is 72.4 Å². The lowest BCUT2D eigenvalue weighted by Gasteiger charge is -2.22. The van der Waals surface area contributed by atoms with E-state index >= 15 is 0 Å². The molecule has 5 rings (SSSR count). The van der Waals surface area contributed by atoms with Crippen molar-refractivity contribution >= 4 is 33.7 Å². The zero-order chi connectivity index (χ0) is 27.4. The second-order valence-electron chi connectivity index (χ2n) is 10.3. The third kappa shape index (κ3) is 5.90. The molecule has 3 aromatic carbocycles. The third-order valence-corrected chi connectivity index (χ3v) is 7.83. The molecule has 1 heterocycles. The molecule has 8 nitrogen and oxygen atoms in total. The van der Waals surface area contributed by atoms with Crippen molar-refractivity contribution in [3.8, 4) is 5.75 Å². The van der Waals surface area contributed by atoms with Crippen molar-refractivity contribution in [1.29, 1.82) is 0 Å². The Morgan fingerprint density at radius 2 is 1.85 bits per heavy atom. The van der Waals surface area contributed by atoms with Crippen LogP contribution in [0.4, 0.5) is 0 Å². The van der Waals surface area contributed by atoms with Gasteiger partial charge in [-0.2, -0.15) is 0 Å². The van der Waals surface area contributed by atoms with E-state index in [1.807, 2.05) is 42.8 Å². The molecule has 0 radical (unpaired) electrons. The molecule has 0 saturated heterocycles. The van der Waals surface area contributed by atoms with Crippen molar-refractivity contribution < 1.29 is 19.1 Å². The van der Waals surface area contributed by atoms with Gasteiger partial charge in [0.1, 0.15) is 11.3 Å². The number of aromatic nitrogens is 3. The van der Waals surface area contributed by atoms with Gasteiger partial charge in [0.25, 0.3) is 5.91 Å². The lowest BCUT2D eigenvalue weighted by atomic mass is 9.84. The summed E-state index contributed by atoms with van der Waals surface area (Å²) in [4.78, 5) is 24.9. The van der Waals surface area contributed by atoms with Gasteiger partial charge in [0.05, 0.1) is 19.0 Å². The molecule has 1 aliphatic rings. The monoisotopic (exact) mass is 528 g/mol. The van der Waals surface area contributed by atoms with Crippen molar-refractivity contribution in [3.63, 3.8) is 0 Å². The number of nitrogens with zero attached hydrogens (tertiary/aromatic N) is 3. The molecule has 1 atom stereocenters. The van der Waals surface area contributed by atoms with Crippen molar-refractivity contribution in [2.75, 3.05) is 13.7 Å². The summed E-state index contributed by atoms with van der Waals surface area (Å²) in [6.45, 7) is 4.79. The Morgan fingerprint density at radius 1 is 1.05 bits per heavy atom. The summed E-state index contributed by atoms with van der Waals surface area (Å²) in [6.07, 6.45) is 5.87. The SMILES string of the molecule is CCn1nnc2c(C)c(C(CC(=O)OC)c3ccc4ccc(OCC(=O)NC5CCCCC5)cc4c3)ccc21. The Labute approximate surface area is 228 Å². The van der Waals surface area contributed by atoms with Gasteiger partial charge in [-0.15, -0.1) is 5.10 Å². The van der Waals surface area contributed by atoms with Crippen LogP contribution in [0.25, 0.3) is 21.8 Å². The molecule has 0 bridgehead atoms. The van der Waals surface area contributed by atoms with Crippen molar-refractivity contribution in [1.82, 2.24) is 20.3 Å². The normalized spacial score (nSPS) is 14.8. The minimum absolute atomic E-state index is 0.00961. The predicted molar refractivity (Wildman–Crippen MR) is 151 cm³/mol. The highest BCUT2D eigenvalue weighted by molar-refractivity contribution is 5.86. The maximum atomic E-state index is 12.5. The molecule has 1 aliphatic carbocycles. The lowest BCUT2D eigenvalue weighted by molar-refractivity contribution is -0.140. The summed E-state index contributed by atoms with van der Waals surface area (Å²) in [7, 11) is 1.41. The molecule has 4 aromatic rings. The number of hydrogen-bond donors (Lipinski definition) is 1. The lowest BCUT2D eigenvalue weighted by Crippen LogP contribution is -2.38. The summed E-state index contributed by atoms with van der Waals surface area (Å²) in [5.41, 5.74) is 4.82. The highest BCUT2D eigenvalue weighted by Crippen LogP contribution is 2.35. The average Bonchev–Trinajstić information content (AvgIpc) is 3.39. The van der Waals surface area contributed by atoms with E-state index in [1.165, 1.54) is 26.4 Å². The Balaban J connectivity index is 1.41. The van der Waals surface area contributed by atoms with Crippen LogP contribution in [0.15, 0.2) is 48.5 Å². The molecular formula is C31H36N4O4. The fourth-order valence-electron chi connectivity index (χ4n) is 5.67. The summed E-state index contributed by atoms with van der Waals surface area (Å²) in [5, 5.41) is 13.8. The van der Waals surface area contributed by atoms with E-state index in [0.29, 0.717) is 5.75 Å². The zero-order valence-corrected chi connectivity index (χ0v) is 22.9. The fraction of sp³-hybridized carbons (Fsp3) is 0.419. The maximum absolute atomic E-state index is 12.5. The molecule has 39 heavy (non-hydrogen) atoms. The smallest absolute Gasteiger partial charge is 0.306 e. The Kier molecular flexibility index (Phi) is 8.10. The van der Waals surface area contributed by atoms with Gasteiger partial charge in [-0.1, -0.05) is 54.8 Å². The van der Waals surface area contributed by atoms with Crippen molar-refractivity contribution in [3.05, 3.63) is 65.2 Å². The minimum atomic E-state index is -0.280. The number of nitrogens with one attached hydrogen (secondary N) is 1. The van der Waals surface area contributed by atoms with Gasteiger partial charge in [0, 0.05) is 18.5 Å².